The van der Waals surface area contributed by atoms with Gasteiger partial charge in [-0.05, 0) is 18.6 Å². The number of carbonyl (C=O) groups excluding carboxylic acids is 1. The zero-order valence-corrected chi connectivity index (χ0v) is 12.8. The molecule has 2 amide bonds. The van der Waals surface area contributed by atoms with Crippen molar-refractivity contribution in [1.29, 1.82) is 0 Å². The Labute approximate surface area is 123 Å². The summed E-state index contributed by atoms with van der Waals surface area (Å²) in [6.45, 7) is 7.20. The minimum absolute atomic E-state index is 0.0701. The van der Waals surface area contributed by atoms with Crippen LogP contribution in [-0.4, -0.2) is 48.6 Å². The zero-order valence-electron chi connectivity index (χ0n) is 11.2. The van der Waals surface area contributed by atoms with Gasteiger partial charge in [-0.2, -0.15) is 0 Å². The van der Waals surface area contributed by atoms with Gasteiger partial charge in [0.15, 0.2) is 0 Å². The number of hydrogen-bond donors (Lipinski definition) is 1. The van der Waals surface area contributed by atoms with Gasteiger partial charge in [0.1, 0.15) is 0 Å². The molecule has 0 radical (unpaired) electrons. The van der Waals surface area contributed by atoms with Gasteiger partial charge in [-0.25, -0.2) is 4.79 Å². The van der Waals surface area contributed by atoms with E-state index < -0.39 is 0 Å². The van der Waals surface area contributed by atoms with Gasteiger partial charge < -0.3 is 10.2 Å². The predicted octanol–water partition coefficient (Wildman–Crippen LogP) is 2.64. The maximum Gasteiger partial charge on any atom is 0.317 e. The molecule has 1 aromatic heterocycles. The summed E-state index contributed by atoms with van der Waals surface area (Å²) in [5, 5.41) is 2.92. The van der Waals surface area contributed by atoms with Crippen LogP contribution in [-0.2, 0) is 6.54 Å². The summed E-state index contributed by atoms with van der Waals surface area (Å²) in [6, 6.07) is 4.09. The molecule has 0 spiro atoms. The van der Waals surface area contributed by atoms with E-state index in [-0.39, 0.29) is 6.03 Å². The Hall–Kier alpha value is -0.780. The van der Waals surface area contributed by atoms with Crippen LogP contribution < -0.4 is 5.32 Å². The molecule has 6 heteroatoms. The molecule has 2 heterocycles. The van der Waals surface area contributed by atoms with Gasteiger partial charge in [-0.3, -0.25) is 4.90 Å². The Morgan fingerprint density at radius 2 is 2.11 bits per heavy atom. The third-order valence-electron chi connectivity index (χ3n) is 3.19. The Morgan fingerprint density at radius 1 is 1.37 bits per heavy atom. The van der Waals surface area contributed by atoms with Gasteiger partial charge >= 0.3 is 6.03 Å². The molecule has 0 bridgehead atoms. The van der Waals surface area contributed by atoms with Crippen molar-refractivity contribution in [2.45, 2.75) is 19.9 Å². The van der Waals surface area contributed by atoms with Crippen LogP contribution in [0.2, 0.25) is 4.34 Å². The lowest BCUT2D eigenvalue weighted by molar-refractivity contribution is 0.136. The van der Waals surface area contributed by atoms with Crippen molar-refractivity contribution in [3.05, 3.63) is 21.3 Å². The van der Waals surface area contributed by atoms with E-state index in [9.17, 15) is 4.79 Å². The smallest absolute Gasteiger partial charge is 0.317 e. The molecule has 1 aliphatic heterocycles. The second kappa shape index (κ2) is 7.12. The summed E-state index contributed by atoms with van der Waals surface area (Å²) < 4.78 is 0.840. The van der Waals surface area contributed by atoms with Gasteiger partial charge in [0.25, 0.3) is 0 Å². The topological polar surface area (TPSA) is 35.6 Å². The quantitative estimate of drug-likeness (QED) is 0.928. The first-order valence-corrected chi connectivity index (χ1v) is 7.88. The highest BCUT2D eigenvalue weighted by Crippen LogP contribution is 2.23. The summed E-state index contributed by atoms with van der Waals surface area (Å²) in [5.41, 5.74) is 0. The van der Waals surface area contributed by atoms with E-state index in [2.05, 4.69) is 23.2 Å². The number of piperazine rings is 1. The maximum atomic E-state index is 11.8. The molecule has 1 aliphatic rings. The van der Waals surface area contributed by atoms with Crippen LogP contribution in [0.1, 0.15) is 18.2 Å². The largest absolute Gasteiger partial charge is 0.338 e. The molecule has 0 atom stereocenters. The number of carbonyl (C=O) groups is 1. The predicted molar refractivity (Wildman–Crippen MR) is 79.9 cm³/mol. The normalized spacial score (nSPS) is 16.6. The lowest BCUT2D eigenvalue weighted by atomic mass is 10.3. The van der Waals surface area contributed by atoms with Crippen LogP contribution >= 0.6 is 22.9 Å². The molecule has 1 saturated heterocycles. The summed E-state index contributed by atoms with van der Waals surface area (Å²) >= 11 is 7.56. The number of nitrogens with one attached hydrogen (secondary N) is 1. The van der Waals surface area contributed by atoms with Crippen LogP contribution in [0.3, 0.4) is 0 Å². The number of amides is 2. The highest BCUT2D eigenvalue weighted by molar-refractivity contribution is 7.16. The highest BCUT2D eigenvalue weighted by Gasteiger charge is 2.20. The highest BCUT2D eigenvalue weighted by atomic mass is 35.5. The number of thiophene rings is 1. The Balaban J connectivity index is 1.74. The van der Waals surface area contributed by atoms with E-state index in [4.69, 9.17) is 11.6 Å². The first kappa shape index (κ1) is 14.6. The number of halogens is 1. The van der Waals surface area contributed by atoms with Crippen molar-refractivity contribution >= 4 is 29.0 Å². The fraction of sp³-hybridized carbons (Fsp3) is 0.615. The van der Waals surface area contributed by atoms with Gasteiger partial charge in [0, 0.05) is 44.1 Å². The van der Waals surface area contributed by atoms with Crippen molar-refractivity contribution in [3.63, 3.8) is 0 Å². The molecular weight excluding hydrogens is 282 g/mol. The average molecular weight is 302 g/mol. The number of nitrogens with zero attached hydrogens (tertiary/aromatic N) is 2. The summed E-state index contributed by atoms with van der Waals surface area (Å²) in [6.07, 6.45) is 0.977. The maximum absolute atomic E-state index is 11.8. The molecule has 0 saturated carbocycles. The number of rotatable bonds is 4. The fourth-order valence-corrected chi connectivity index (χ4v) is 3.24. The number of hydrogen-bond acceptors (Lipinski definition) is 3. The van der Waals surface area contributed by atoms with E-state index in [0.717, 1.165) is 50.0 Å². The standard InChI is InChI=1S/C13H20ClN3OS/c1-2-5-15-13(18)17-8-6-16(7-9-17)10-11-3-4-12(14)19-11/h3-4H,2,5-10H2,1H3,(H,15,18). The SMILES string of the molecule is CCCNC(=O)N1CCN(Cc2ccc(Cl)s2)CC1. The van der Waals surface area contributed by atoms with Crippen molar-refractivity contribution < 1.29 is 4.79 Å². The van der Waals surface area contributed by atoms with E-state index in [1.54, 1.807) is 11.3 Å². The minimum Gasteiger partial charge on any atom is -0.338 e. The third kappa shape index (κ3) is 4.37. The fourth-order valence-electron chi connectivity index (χ4n) is 2.11. The summed E-state index contributed by atoms with van der Waals surface area (Å²) in [7, 11) is 0. The lowest BCUT2D eigenvalue weighted by Crippen LogP contribution is -2.51. The Bertz CT molecular complexity index is 416. The summed E-state index contributed by atoms with van der Waals surface area (Å²) in [4.78, 5) is 17.4. The molecule has 106 valence electrons. The molecular formula is C13H20ClN3OS. The zero-order chi connectivity index (χ0) is 13.7. The van der Waals surface area contributed by atoms with Crippen molar-refractivity contribution in [1.82, 2.24) is 15.1 Å². The van der Waals surface area contributed by atoms with Crippen LogP contribution in [0.5, 0.6) is 0 Å². The van der Waals surface area contributed by atoms with E-state index in [1.165, 1.54) is 4.88 Å². The lowest BCUT2D eigenvalue weighted by Gasteiger charge is -2.34. The molecule has 2 rings (SSSR count). The first-order chi connectivity index (χ1) is 9.19. The second-order valence-electron chi connectivity index (χ2n) is 4.70. The first-order valence-electron chi connectivity index (χ1n) is 6.68. The molecule has 0 unspecified atom stereocenters. The minimum atomic E-state index is 0.0701. The molecule has 1 fully saturated rings. The van der Waals surface area contributed by atoms with Crippen molar-refractivity contribution in [2.75, 3.05) is 32.7 Å². The second-order valence-corrected chi connectivity index (χ2v) is 6.50. The van der Waals surface area contributed by atoms with Crippen molar-refractivity contribution in [3.8, 4) is 0 Å². The molecule has 0 aromatic carbocycles. The molecule has 0 aliphatic carbocycles. The van der Waals surface area contributed by atoms with Crippen molar-refractivity contribution in [2.24, 2.45) is 0 Å². The number of urea groups is 1. The van der Waals surface area contributed by atoms with Crippen LogP contribution in [0.25, 0.3) is 0 Å². The van der Waals surface area contributed by atoms with Crippen LogP contribution in [0, 0.1) is 0 Å². The van der Waals surface area contributed by atoms with Gasteiger partial charge in [-0.15, -0.1) is 11.3 Å². The Kier molecular flexibility index (Phi) is 5.48. The monoisotopic (exact) mass is 301 g/mol. The van der Waals surface area contributed by atoms with Crippen LogP contribution in [0.15, 0.2) is 12.1 Å². The molecule has 1 aromatic rings. The molecule has 1 N–H and O–H groups in total. The van der Waals surface area contributed by atoms with E-state index >= 15 is 0 Å². The Morgan fingerprint density at radius 3 is 2.68 bits per heavy atom. The van der Waals surface area contributed by atoms with E-state index in [0.29, 0.717) is 0 Å². The van der Waals surface area contributed by atoms with E-state index in [1.807, 2.05) is 11.0 Å². The van der Waals surface area contributed by atoms with Gasteiger partial charge in [0.05, 0.1) is 4.34 Å². The molecule has 19 heavy (non-hydrogen) atoms. The van der Waals surface area contributed by atoms with Gasteiger partial charge in [-0.1, -0.05) is 18.5 Å². The van der Waals surface area contributed by atoms with Crippen LogP contribution in [0.4, 0.5) is 4.79 Å². The average Bonchev–Trinajstić information content (AvgIpc) is 2.82. The third-order valence-corrected chi connectivity index (χ3v) is 4.41. The van der Waals surface area contributed by atoms with Gasteiger partial charge in [0.2, 0.25) is 0 Å². The molecule has 4 nitrogen and oxygen atoms in total. The summed E-state index contributed by atoms with van der Waals surface area (Å²) in [5.74, 6) is 0.